The molecule has 3 aliphatic carbocycles. The number of nitriles is 1. The van der Waals surface area contributed by atoms with Gasteiger partial charge in [-0.25, -0.2) is 15.0 Å². The minimum Gasteiger partial charge on any atom is -0.493 e. The van der Waals surface area contributed by atoms with Crippen LogP contribution in [-0.4, -0.2) is 114 Å². The first-order valence-corrected chi connectivity index (χ1v) is 31.3. The third-order valence-electron chi connectivity index (χ3n) is 18.5. The Morgan fingerprint density at radius 3 is 1.49 bits per heavy atom. The Kier molecular flexibility index (Phi) is 16.2. The zero-order valence-electron chi connectivity index (χ0n) is 53.3. The van der Waals surface area contributed by atoms with E-state index in [9.17, 15) is 20.3 Å². The molecule has 0 spiro atoms. The van der Waals surface area contributed by atoms with E-state index in [1.807, 2.05) is 56.2 Å². The molecule has 3 atom stereocenters. The van der Waals surface area contributed by atoms with Crippen molar-refractivity contribution in [2.45, 2.75) is 125 Å². The van der Waals surface area contributed by atoms with Gasteiger partial charge in [0.15, 0.2) is 0 Å². The maximum atomic E-state index is 13.6. The van der Waals surface area contributed by atoms with Gasteiger partial charge in [-0.15, -0.1) is 0 Å². The van der Waals surface area contributed by atoms with Crippen LogP contribution in [0.25, 0.3) is 50.5 Å². The van der Waals surface area contributed by atoms with Crippen molar-refractivity contribution in [1.29, 1.82) is 5.26 Å². The molecule has 2 N–H and O–H groups in total. The molecular formula is C72H74N14O5. The number of ether oxygens (including phenoxy) is 2. The van der Waals surface area contributed by atoms with Gasteiger partial charge in [-0.1, -0.05) is 92.1 Å². The third kappa shape index (κ3) is 11.0. The normalized spacial score (nSPS) is 17.3. The van der Waals surface area contributed by atoms with E-state index >= 15 is 0 Å². The molecule has 9 heterocycles. The average Bonchev–Trinajstić information content (AvgIpc) is 1.70. The molecule has 6 bridgehead atoms. The molecule has 0 unspecified atom stereocenters. The fourth-order valence-electron chi connectivity index (χ4n) is 13.9. The van der Waals surface area contributed by atoms with Crippen LogP contribution in [0.2, 0.25) is 0 Å². The summed E-state index contributed by atoms with van der Waals surface area (Å²) in [6.07, 6.45) is 15.7. The van der Waals surface area contributed by atoms with E-state index < -0.39 is 0 Å². The zero-order valence-corrected chi connectivity index (χ0v) is 53.3. The van der Waals surface area contributed by atoms with Crippen LogP contribution < -0.4 is 9.47 Å². The maximum absolute atomic E-state index is 13.6. The van der Waals surface area contributed by atoms with Crippen molar-refractivity contribution in [3.8, 4) is 51.3 Å². The van der Waals surface area contributed by atoms with Crippen LogP contribution in [0.3, 0.4) is 0 Å². The van der Waals surface area contributed by atoms with Crippen molar-refractivity contribution in [3.63, 3.8) is 0 Å². The number of fused-ring (bicyclic) bond motifs is 12. The fourth-order valence-corrected chi connectivity index (χ4v) is 13.9. The van der Waals surface area contributed by atoms with Gasteiger partial charge in [-0.05, 0) is 75.1 Å². The molecule has 0 saturated heterocycles. The van der Waals surface area contributed by atoms with Gasteiger partial charge in [-0.3, -0.25) is 33.8 Å². The first kappa shape index (κ1) is 60.2. The van der Waals surface area contributed by atoms with Gasteiger partial charge in [0, 0.05) is 91.8 Å². The number of allylic oxidation sites excluding steroid dienone is 6. The standard InChI is InChI=1S/C25H27N5O2.C24H26N4O2.C23H21N5O/c1-14-5-6-18-19(11-14)15(2)17-7-8-20-24(17)27-21(12-26-20)23-16(3)28-30(9-10-31)22(23)13-29(4)25(18)32;1-14-4-7-22-18(12-14)15(2)17-5-6-19-24(17)26-20(13-25-19)23-16(3)27-28(9-10-29)21(23)8-11-30-22;1-13-4-7-21-16(10-13)14(2)15-5-6-18-23(15)26-19(12-25-18)22-17(8-9-29-21)27-28(3)20(22)11-24/h5-7,11-12,15,31H,8-10,13H2,1-4H3;4-5,7,12-13,15,29H,6,8-11H2,1-3H3;4-5,7,10,12,14H,6,8-9H2,1-3H3/t2*15-;14-/m000/s1. The van der Waals surface area contributed by atoms with Gasteiger partial charge in [-0.2, -0.15) is 20.6 Å². The van der Waals surface area contributed by atoms with Crippen LogP contribution in [-0.2, 0) is 58.8 Å². The molecule has 9 aromatic rings. The summed E-state index contributed by atoms with van der Waals surface area (Å²) in [5.74, 6) is 2.10. The number of aryl methyl sites for hydroxylation is 6. The van der Waals surface area contributed by atoms with Crippen molar-refractivity contribution in [3.05, 3.63) is 199 Å². The second-order valence-electron chi connectivity index (χ2n) is 24.6. The van der Waals surface area contributed by atoms with E-state index in [0.29, 0.717) is 62.6 Å². The molecule has 1 amide bonds. The summed E-state index contributed by atoms with van der Waals surface area (Å²) in [6.45, 7) is 18.9. The highest BCUT2D eigenvalue weighted by atomic mass is 16.5. The smallest absolute Gasteiger partial charge is 0.254 e. The van der Waals surface area contributed by atoms with Gasteiger partial charge < -0.3 is 24.6 Å². The van der Waals surface area contributed by atoms with Crippen molar-refractivity contribution < 1.29 is 24.5 Å². The summed E-state index contributed by atoms with van der Waals surface area (Å²) >= 11 is 0. The maximum Gasteiger partial charge on any atom is 0.254 e. The Morgan fingerprint density at radius 2 is 1.00 bits per heavy atom. The summed E-state index contributed by atoms with van der Waals surface area (Å²) in [6, 6.07) is 21.0. The highest BCUT2D eigenvalue weighted by Crippen LogP contribution is 2.45. The van der Waals surface area contributed by atoms with Crippen LogP contribution in [0.15, 0.2) is 91.4 Å². The summed E-state index contributed by atoms with van der Waals surface area (Å²) in [5, 5.41) is 42.7. The number of amides is 1. The SMILES string of the molecule is Cc1ccc2c(c1)[C@@H](C)C1=CCc3ncc(nc31)-c1c(C)nn(CCO)c1CCO2.Cc1ccc2c(c1)[C@@H](C)C1=CCc3ncc(nc31)-c1c(C)nn(CCO)c1CN(C)C2=O.Cc1ccc2c(c1)[C@@H](C)C1=CCc3ncc(nc31)-c1c(nn(C)c1C#N)CCO2. The molecular weight excluding hydrogens is 1140 g/mol. The van der Waals surface area contributed by atoms with E-state index in [4.69, 9.17) is 34.4 Å². The summed E-state index contributed by atoms with van der Waals surface area (Å²) in [4.78, 5) is 44.7. The molecule has 6 aliphatic rings. The molecule has 3 aromatic carbocycles. The third-order valence-corrected chi connectivity index (χ3v) is 18.5. The minimum absolute atomic E-state index is 0.0187. The van der Waals surface area contributed by atoms with Crippen molar-refractivity contribution in [1.82, 2.24) is 64.1 Å². The monoisotopic (exact) mass is 1210 g/mol. The molecule has 0 fully saturated rings. The number of aliphatic hydroxyl groups is 2. The topological polar surface area (TPSA) is 234 Å². The summed E-state index contributed by atoms with van der Waals surface area (Å²) in [7, 11) is 3.60. The van der Waals surface area contributed by atoms with Crippen LogP contribution in [0.4, 0.5) is 0 Å². The molecule has 6 aromatic heterocycles. The number of rotatable bonds is 4. The van der Waals surface area contributed by atoms with Crippen LogP contribution in [0, 0.1) is 45.9 Å². The Balaban J connectivity index is 0.000000125. The van der Waals surface area contributed by atoms with E-state index in [1.54, 1.807) is 27.5 Å². The highest BCUT2D eigenvalue weighted by Gasteiger charge is 2.34. The zero-order chi connectivity index (χ0) is 63.5. The summed E-state index contributed by atoms with van der Waals surface area (Å²) in [5.41, 5.74) is 26.7. The fraction of sp³-hybridized carbons (Fsp3) is 0.347. The van der Waals surface area contributed by atoms with Gasteiger partial charge in [0.1, 0.15) is 23.3 Å². The predicted molar refractivity (Wildman–Crippen MR) is 347 cm³/mol. The quantitative estimate of drug-likeness (QED) is 0.167. The number of benzene rings is 3. The highest BCUT2D eigenvalue weighted by molar-refractivity contribution is 5.97. The lowest BCUT2D eigenvalue weighted by Crippen LogP contribution is -2.29. The molecule has 0 saturated carbocycles. The summed E-state index contributed by atoms with van der Waals surface area (Å²) < 4.78 is 17.8. The Labute approximate surface area is 529 Å². The molecule has 462 valence electrons. The van der Waals surface area contributed by atoms with E-state index in [2.05, 4.69) is 123 Å². The number of aliphatic hydroxyl groups excluding tert-OH is 2. The lowest BCUT2D eigenvalue weighted by atomic mass is 9.87. The first-order valence-electron chi connectivity index (χ1n) is 31.3. The Morgan fingerprint density at radius 1 is 0.560 bits per heavy atom. The number of hydrogen-bond acceptors (Lipinski definition) is 15. The van der Waals surface area contributed by atoms with Crippen LogP contribution >= 0.6 is 0 Å². The van der Waals surface area contributed by atoms with E-state index in [1.165, 1.54) is 22.3 Å². The second-order valence-corrected chi connectivity index (χ2v) is 24.6. The van der Waals surface area contributed by atoms with Crippen molar-refractivity contribution in [2.75, 3.05) is 33.5 Å². The molecule has 3 aliphatic heterocycles. The molecule has 91 heavy (non-hydrogen) atoms. The first-order chi connectivity index (χ1) is 44.0. The minimum atomic E-state index is -0.0341. The number of hydrogen-bond donors (Lipinski definition) is 2. The van der Waals surface area contributed by atoms with Crippen LogP contribution in [0.5, 0.6) is 11.5 Å². The van der Waals surface area contributed by atoms with Gasteiger partial charge in [0.05, 0.1) is 150 Å². The second kappa shape index (κ2) is 24.5. The van der Waals surface area contributed by atoms with Crippen LogP contribution in [0.1, 0.15) is 151 Å². The predicted octanol–water partition coefficient (Wildman–Crippen LogP) is 10.6. The lowest BCUT2D eigenvalue weighted by molar-refractivity contribution is 0.0780. The average molecular weight is 1220 g/mol. The lowest BCUT2D eigenvalue weighted by Gasteiger charge is -2.24. The Bertz CT molecular complexity index is 4560. The molecule has 0 radical (unpaired) electrons. The van der Waals surface area contributed by atoms with Gasteiger partial charge >= 0.3 is 0 Å². The number of carbonyl (C=O) groups is 1. The number of carbonyl (C=O) groups excluding carboxylic acids is 1. The van der Waals surface area contributed by atoms with Crippen molar-refractivity contribution >= 4 is 22.6 Å². The Hall–Kier alpha value is -9.77. The molecule has 19 heteroatoms. The van der Waals surface area contributed by atoms with Crippen molar-refractivity contribution in [2.24, 2.45) is 7.05 Å². The largest absolute Gasteiger partial charge is 0.493 e. The molecule has 15 rings (SSSR count). The van der Waals surface area contributed by atoms with E-state index in [0.717, 1.165) is 149 Å². The van der Waals surface area contributed by atoms with Gasteiger partial charge in [0.2, 0.25) is 0 Å². The van der Waals surface area contributed by atoms with Gasteiger partial charge in [0.25, 0.3) is 5.91 Å². The molecule has 19 nitrogen and oxygen atoms in total. The number of aromatic nitrogens is 12. The van der Waals surface area contributed by atoms with E-state index in [-0.39, 0.29) is 36.9 Å². The number of nitrogens with zero attached hydrogens (tertiary/aromatic N) is 14.